The largest absolute Gasteiger partial charge is 0.497 e. The van der Waals surface area contributed by atoms with Gasteiger partial charge < -0.3 is 10.1 Å². The number of hydrogen-bond donors (Lipinski definition) is 1. The Morgan fingerprint density at radius 3 is 2.20 bits per heavy atom. The van der Waals surface area contributed by atoms with Crippen LogP contribution >= 0.6 is 0 Å². The highest BCUT2D eigenvalue weighted by atomic mass is 19.1. The fourth-order valence-electron chi connectivity index (χ4n) is 5.28. The number of anilines is 2. The number of halogens is 1. The zero-order chi connectivity index (χ0) is 24.1. The van der Waals surface area contributed by atoms with E-state index in [0.717, 1.165) is 21.8 Å². The molecule has 1 aromatic heterocycles. The summed E-state index contributed by atoms with van der Waals surface area (Å²) in [5, 5.41) is 8.03. The van der Waals surface area contributed by atoms with Gasteiger partial charge in [0.05, 0.1) is 31.0 Å². The molecule has 178 valence electrons. The van der Waals surface area contributed by atoms with Crippen LogP contribution in [0.2, 0.25) is 0 Å². The summed E-state index contributed by atoms with van der Waals surface area (Å²) < 4.78 is 20.6. The lowest BCUT2D eigenvalue weighted by Crippen LogP contribution is -2.32. The van der Waals surface area contributed by atoms with Gasteiger partial charge in [-0.2, -0.15) is 4.98 Å². The number of fused-ring (bicyclic) bond motifs is 2. The van der Waals surface area contributed by atoms with Gasteiger partial charge in [-0.25, -0.2) is 14.0 Å². The third kappa shape index (κ3) is 3.58. The van der Waals surface area contributed by atoms with Crippen molar-refractivity contribution >= 4 is 23.7 Å². The molecule has 2 aromatic carbocycles. The van der Waals surface area contributed by atoms with Crippen LogP contribution in [0.4, 0.5) is 16.3 Å². The van der Waals surface area contributed by atoms with E-state index >= 15 is 0 Å². The molecule has 3 aromatic rings. The lowest BCUT2D eigenvalue weighted by molar-refractivity contribution is -0.122. The van der Waals surface area contributed by atoms with Gasteiger partial charge in [0.25, 0.3) is 5.95 Å². The molecule has 35 heavy (non-hydrogen) atoms. The van der Waals surface area contributed by atoms with Gasteiger partial charge in [-0.1, -0.05) is 36.4 Å². The molecular formula is C26H24FN5O3. The Hall–Kier alpha value is -4.01. The number of methoxy groups -OCH3 is 1. The quantitative estimate of drug-likeness (QED) is 0.455. The van der Waals surface area contributed by atoms with Crippen LogP contribution in [0.25, 0.3) is 0 Å². The summed E-state index contributed by atoms with van der Waals surface area (Å²) >= 11 is 0. The number of allylic oxidation sites excluding steroid dienone is 2. The van der Waals surface area contributed by atoms with E-state index in [-0.39, 0.29) is 47.5 Å². The van der Waals surface area contributed by atoms with E-state index in [0.29, 0.717) is 25.2 Å². The Morgan fingerprint density at radius 2 is 1.57 bits per heavy atom. The first-order chi connectivity index (χ1) is 17.0. The van der Waals surface area contributed by atoms with Crippen LogP contribution in [0.1, 0.15) is 42.5 Å². The van der Waals surface area contributed by atoms with Crippen LogP contribution in [-0.4, -0.2) is 33.7 Å². The highest BCUT2D eigenvalue weighted by Gasteiger charge is 2.50. The lowest BCUT2D eigenvalue weighted by atomic mass is 9.85. The normalized spacial score (nSPS) is 25.3. The Bertz CT molecular complexity index is 1290. The average Bonchev–Trinajstić information content (AvgIpc) is 3.42. The fraction of sp³-hybridized carbons (Fsp3) is 0.308. The molecular weight excluding hydrogens is 449 g/mol. The number of nitrogens with one attached hydrogen (secondary N) is 1. The maximum Gasteiger partial charge on any atom is 0.260 e. The van der Waals surface area contributed by atoms with Crippen molar-refractivity contribution in [3.63, 3.8) is 0 Å². The predicted octanol–water partition coefficient (Wildman–Crippen LogP) is 4.03. The van der Waals surface area contributed by atoms with Crippen LogP contribution in [0.3, 0.4) is 0 Å². The Morgan fingerprint density at radius 1 is 0.943 bits per heavy atom. The van der Waals surface area contributed by atoms with E-state index in [9.17, 15) is 14.0 Å². The van der Waals surface area contributed by atoms with Gasteiger partial charge in [0.2, 0.25) is 17.8 Å². The molecule has 1 fully saturated rings. The number of ether oxygens (including phenoxy) is 1. The summed E-state index contributed by atoms with van der Waals surface area (Å²) in [7, 11) is 1.62. The van der Waals surface area contributed by atoms with Crippen LogP contribution < -0.4 is 15.0 Å². The van der Waals surface area contributed by atoms with E-state index in [1.165, 1.54) is 12.1 Å². The zero-order valence-corrected chi connectivity index (χ0v) is 19.1. The number of benzene rings is 2. The molecule has 6 rings (SSSR count). The maximum atomic E-state index is 13.7. The summed E-state index contributed by atoms with van der Waals surface area (Å²) in [6, 6.07) is 13.7. The molecule has 1 aliphatic carbocycles. The highest BCUT2D eigenvalue weighted by molar-refractivity contribution is 6.21. The van der Waals surface area contributed by atoms with E-state index in [2.05, 4.69) is 15.4 Å². The monoisotopic (exact) mass is 473 g/mol. The van der Waals surface area contributed by atoms with Crippen molar-refractivity contribution < 1.29 is 18.7 Å². The standard InChI is InChI=1S/C26H24FN5O3/c1-35-18-12-8-15(9-13-18)21-14-22(16-6-10-17(27)11-7-16)32-25(28-21)29-26(30-32)31-23(33)19-4-2-3-5-20(19)24(31)34/h2-3,6-13,19-22H,4-5,14H2,1H3,(H,28,29,30)/t19-,20-,21-,22+/m0/s1. The summed E-state index contributed by atoms with van der Waals surface area (Å²) in [4.78, 5) is 32.0. The topological polar surface area (TPSA) is 89.4 Å². The van der Waals surface area contributed by atoms with Crippen molar-refractivity contribution in [3.05, 3.63) is 77.6 Å². The van der Waals surface area contributed by atoms with E-state index in [1.807, 2.05) is 36.4 Å². The summed E-state index contributed by atoms with van der Waals surface area (Å²) in [6.07, 6.45) is 5.62. The molecule has 2 aliphatic heterocycles. The number of carbonyl (C=O) groups excluding carboxylic acids is 2. The van der Waals surface area contributed by atoms with Crippen molar-refractivity contribution in [1.82, 2.24) is 14.8 Å². The second kappa shape index (κ2) is 8.33. The van der Waals surface area contributed by atoms with Gasteiger partial charge in [-0.05, 0) is 54.7 Å². The second-order valence-electron chi connectivity index (χ2n) is 9.12. The lowest BCUT2D eigenvalue weighted by Gasteiger charge is -2.31. The summed E-state index contributed by atoms with van der Waals surface area (Å²) in [5.41, 5.74) is 1.89. The van der Waals surface area contributed by atoms with Crippen LogP contribution in [0.5, 0.6) is 5.75 Å². The van der Waals surface area contributed by atoms with Gasteiger partial charge in [0.1, 0.15) is 11.6 Å². The predicted molar refractivity (Wildman–Crippen MR) is 126 cm³/mol. The van der Waals surface area contributed by atoms with Gasteiger partial charge in [0, 0.05) is 0 Å². The number of rotatable bonds is 4. The highest BCUT2D eigenvalue weighted by Crippen LogP contribution is 2.41. The molecule has 9 heteroatoms. The van der Waals surface area contributed by atoms with E-state index < -0.39 is 0 Å². The van der Waals surface area contributed by atoms with Crippen molar-refractivity contribution in [3.8, 4) is 5.75 Å². The first kappa shape index (κ1) is 21.5. The first-order valence-corrected chi connectivity index (χ1v) is 11.7. The van der Waals surface area contributed by atoms with Crippen molar-refractivity contribution in [2.75, 3.05) is 17.3 Å². The number of aromatic nitrogens is 3. The Kier molecular flexibility index (Phi) is 5.12. The van der Waals surface area contributed by atoms with E-state index in [1.54, 1.807) is 23.9 Å². The number of nitrogens with zero attached hydrogens (tertiary/aromatic N) is 4. The Balaban J connectivity index is 1.39. The number of hydrogen-bond acceptors (Lipinski definition) is 6. The molecule has 0 spiro atoms. The smallest absolute Gasteiger partial charge is 0.260 e. The first-order valence-electron chi connectivity index (χ1n) is 11.7. The van der Waals surface area contributed by atoms with Crippen molar-refractivity contribution in [1.29, 1.82) is 0 Å². The minimum absolute atomic E-state index is 0.0828. The molecule has 1 saturated heterocycles. The third-order valence-electron chi connectivity index (χ3n) is 7.16. The van der Waals surface area contributed by atoms with Crippen LogP contribution in [0.15, 0.2) is 60.7 Å². The van der Waals surface area contributed by atoms with Gasteiger partial charge in [-0.3, -0.25) is 9.59 Å². The molecule has 2 amide bonds. The van der Waals surface area contributed by atoms with Crippen molar-refractivity contribution in [2.45, 2.75) is 31.3 Å². The molecule has 0 bridgehead atoms. The van der Waals surface area contributed by atoms with Crippen LogP contribution in [-0.2, 0) is 9.59 Å². The molecule has 0 radical (unpaired) electrons. The van der Waals surface area contributed by atoms with Gasteiger partial charge in [-0.15, -0.1) is 5.10 Å². The second-order valence-corrected chi connectivity index (χ2v) is 9.12. The molecule has 8 nitrogen and oxygen atoms in total. The molecule has 1 N–H and O–H groups in total. The molecule has 0 saturated carbocycles. The van der Waals surface area contributed by atoms with Crippen LogP contribution in [0, 0.1) is 17.7 Å². The average molecular weight is 474 g/mol. The number of amides is 2. The molecule has 3 aliphatic rings. The summed E-state index contributed by atoms with van der Waals surface area (Å²) in [5.74, 6) is -0.253. The minimum Gasteiger partial charge on any atom is -0.497 e. The zero-order valence-electron chi connectivity index (χ0n) is 19.1. The summed E-state index contributed by atoms with van der Waals surface area (Å²) in [6.45, 7) is 0. The van der Waals surface area contributed by atoms with Gasteiger partial charge >= 0.3 is 0 Å². The SMILES string of the molecule is COc1ccc([C@@H]2C[C@H](c3ccc(F)cc3)n3nc(N4C(=O)[C@H]5CC=CC[C@@H]5C4=O)nc3N2)cc1. The number of carbonyl (C=O) groups is 2. The molecule has 4 atom stereocenters. The molecule has 3 heterocycles. The van der Waals surface area contributed by atoms with E-state index in [4.69, 9.17) is 4.74 Å². The van der Waals surface area contributed by atoms with Crippen molar-refractivity contribution in [2.24, 2.45) is 11.8 Å². The maximum absolute atomic E-state index is 13.7. The fourth-order valence-corrected chi connectivity index (χ4v) is 5.28. The van der Waals surface area contributed by atoms with Gasteiger partial charge in [0.15, 0.2) is 0 Å². The third-order valence-corrected chi connectivity index (χ3v) is 7.16. The Labute approximate surface area is 201 Å². The molecule has 0 unspecified atom stereocenters. The minimum atomic E-state index is -0.360. The number of imide groups is 1.